The van der Waals surface area contributed by atoms with E-state index in [1.54, 1.807) is 34.9 Å². The Labute approximate surface area is 232 Å². The van der Waals surface area contributed by atoms with Crippen molar-refractivity contribution in [3.63, 3.8) is 0 Å². The highest BCUT2D eigenvalue weighted by Gasteiger charge is 2.29. The van der Waals surface area contributed by atoms with Crippen molar-refractivity contribution < 1.29 is 14.3 Å². The molecule has 0 spiro atoms. The van der Waals surface area contributed by atoms with Crippen molar-refractivity contribution in [2.45, 2.75) is 19.9 Å². The molecule has 1 fully saturated rings. The number of fused-ring (bicyclic) bond motifs is 1. The van der Waals surface area contributed by atoms with Crippen molar-refractivity contribution in [3.05, 3.63) is 94.0 Å². The molecule has 3 aromatic carbocycles. The van der Waals surface area contributed by atoms with Gasteiger partial charge in [0.1, 0.15) is 17.3 Å². The summed E-state index contributed by atoms with van der Waals surface area (Å²) in [5.74, 6) is 1.80. The van der Waals surface area contributed by atoms with E-state index in [1.165, 1.54) is 0 Å². The molecule has 9 heteroatoms. The van der Waals surface area contributed by atoms with E-state index in [0.29, 0.717) is 71.7 Å². The van der Waals surface area contributed by atoms with E-state index in [4.69, 9.17) is 26.1 Å². The molecule has 2 heterocycles. The number of ether oxygens (including phenoxy) is 2. The average molecular weight is 547 g/mol. The second kappa shape index (κ2) is 11.9. The number of nitrogens with zero attached hydrogens (tertiary/aromatic N) is 4. The number of amides is 1. The van der Waals surface area contributed by atoms with Crippen LogP contribution in [0.3, 0.4) is 0 Å². The summed E-state index contributed by atoms with van der Waals surface area (Å²) in [6.45, 7) is 6.82. The fourth-order valence-corrected chi connectivity index (χ4v) is 5.00. The second-order valence-electron chi connectivity index (χ2n) is 9.36. The summed E-state index contributed by atoms with van der Waals surface area (Å²) >= 11 is 5.92. The lowest BCUT2D eigenvalue weighted by Gasteiger charge is -2.38. The average Bonchev–Trinajstić information content (AvgIpc) is 2.97. The van der Waals surface area contributed by atoms with Gasteiger partial charge in [-0.05, 0) is 62.4 Å². The molecule has 39 heavy (non-hydrogen) atoms. The number of aromatic nitrogens is 2. The normalized spacial score (nSPS) is 14.8. The summed E-state index contributed by atoms with van der Waals surface area (Å²) < 4.78 is 13.2. The van der Waals surface area contributed by atoms with Gasteiger partial charge < -0.3 is 14.4 Å². The Balaban J connectivity index is 1.37. The highest BCUT2D eigenvalue weighted by atomic mass is 35.5. The standard InChI is InChI=1S/C30H31ClN4O4/c1-3-38-27-11-7-6-10-26(27)35-29(32-25-9-5-4-8-24(25)30(35)37)21(2)33-16-18-34(19-17-33)28(36)20-39-23-14-12-22(31)13-15-23/h4-15,21H,3,16-20H2,1-2H3/t21-/m0/s1. The zero-order valence-electron chi connectivity index (χ0n) is 22.0. The van der Waals surface area contributed by atoms with E-state index in [9.17, 15) is 9.59 Å². The zero-order chi connectivity index (χ0) is 27.4. The highest BCUT2D eigenvalue weighted by molar-refractivity contribution is 6.30. The first kappa shape index (κ1) is 26.7. The summed E-state index contributed by atoms with van der Waals surface area (Å²) in [5, 5.41) is 1.17. The van der Waals surface area contributed by atoms with Gasteiger partial charge in [-0.2, -0.15) is 0 Å². The molecule has 0 N–H and O–H groups in total. The van der Waals surface area contributed by atoms with Gasteiger partial charge >= 0.3 is 0 Å². The molecule has 1 aliphatic heterocycles. The number of halogens is 1. The van der Waals surface area contributed by atoms with Crippen LogP contribution in [0.25, 0.3) is 16.6 Å². The van der Waals surface area contributed by atoms with Gasteiger partial charge in [-0.1, -0.05) is 35.9 Å². The number of benzene rings is 3. The van der Waals surface area contributed by atoms with Crippen LogP contribution in [0.1, 0.15) is 25.7 Å². The predicted molar refractivity (Wildman–Crippen MR) is 152 cm³/mol. The Morgan fingerprint density at radius 2 is 1.64 bits per heavy atom. The topological polar surface area (TPSA) is 76.9 Å². The lowest BCUT2D eigenvalue weighted by atomic mass is 10.1. The molecule has 0 saturated carbocycles. The molecule has 1 atom stereocenters. The number of rotatable bonds is 8. The monoisotopic (exact) mass is 546 g/mol. The van der Waals surface area contributed by atoms with Crippen molar-refractivity contribution in [1.82, 2.24) is 19.4 Å². The van der Waals surface area contributed by atoms with E-state index >= 15 is 0 Å². The van der Waals surface area contributed by atoms with Gasteiger partial charge in [-0.3, -0.25) is 19.1 Å². The molecule has 0 bridgehead atoms. The highest BCUT2D eigenvalue weighted by Crippen LogP contribution is 2.28. The molecule has 202 valence electrons. The van der Waals surface area contributed by atoms with Crippen LogP contribution < -0.4 is 15.0 Å². The Kier molecular flexibility index (Phi) is 8.14. The van der Waals surface area contributed by atoms with Crippen LogP contribution >= 0.6 is 11.6 Å². The number of hydrogen-bond donors (Lipinski definition) is 0. The fraction of sp³-hybridized carbons (Fsp3) is 0.300. The van der Waals surface area contributed by atoms with Crippen LogP contribution in [0.2, 0.25) is 5.02 Å². The van der Waals surface area contributed by atoms with Gasteiger partial charge in [0.05, 0.1) is 29.2 Å². The Bertz CT molecular complexity index is 1510. The van der Waals surface area contributed by atoms with E-state index in [1.807, 2.05) is 54.3 Å². The second-order valence-corrected chi connectivity index (χ2v) is 9.80. The van der Waals surface area contributed by atoms with Crippen molar-refractivity contribution >= 4 is 28.4 Å². The van der Waals surface area contributed by atoms with Crippen LogP contribution in [0.4, 0.5) is 0 Å². The van der Waals surface area contributed by atoms with E-state index in [2.05, 4.69) is 11.8 Å². The molecule has 0 radical (unpaired) electrons. The Morgan fingerprint density at radius 1 is 0.949 bits per heavy atom. The van der Waals surface area contributed by atoms with E-state index in [0.717, 1.165) is 0 Å². The third-order valence-electron chi connectivity index (χ3n) is 6.97. The summed E-state index contributed by atoms with van der Waals surface area (Å²) in [5.41, 5.74) is 1.18. The lowest BCUT2D eigenvalue weighted by molar-refractivity contribution is -0.135. The summed E-state index contributed by atoms with van der Waals surface area (Å²) in [4.78, 5) is 35.6. The van der Waals surface area contributed by atoms with Gasteiger partial charge in [0.2, 0.25) is 0 Å². The predicted octanol–water partition coefficient (Wildman–Crippen LogP) is 4.72. The van der Waals surface area contributed by atoms with E-state index < -0.39 is 0 Å². The number of carbonyl (C=O) groups excluding carboxylic acids is 1. The molecule has 8 nitrogen and oxygen atoms in total. The van der Waals surface area contributed by atoms with Crippen LogP contribution in [-0.4, -0.2) is 64.7 Å². The van der Waals surface area contributed by atoms with Gasteiger partial charge in [-0.25, -0.2) is 4.98 Å². The van der Waals surface area contributed by atoms with Crippen molar-refractivity contribution in [1.29, 1.82) is 0 Å². The maximum absolute atomic E-state index is 13.8. The largest absolute Gasteiger partial charge is 0.492 e. The number of carbonyl (C=O) groups is 1. The Morgan fingerprint density at radius 3 is 2.38 bits per heavy atom. The summed E-state index contributed by atoms with van der Waals surface area (Å²) in [6, 6.07) is 21.7. The minimum atomic E-state index is -0.181. The molecule has 0 unspecified atom stereocenters. The first-order chi connectivity index (χ1) is 19.0. The van der Waals surface area contributed by atoms with E-state index in [-0.39, 0.29) is 24.1 Å². The fourth-order valence-electron chi connectivity index (χ4n) is 4.87. The minimum Gasteiger partial charge on any atom is -0.492 e. The molecule has 1 aromatic heterocycles. The van der Waals surface area contributed by atoms with Crippen molar-refractivity contribution in [2.24, 2.45) is 0 Å². The quantitative estimate of drug-likeness (QED) is 0.318. The zero-order valence-corrected chi connectivity index (χ0v) is 22.8. The Hall–Kier alpha value is -3.88. The molecule has 0 aliphatic carbocycles. The maximum atomic E-state index is 13.8. The third kappa shape index (κ3) is 5.77. The lowest BCUT2D eigenvalue weighted by Crippen LogP contribution is -2.51. The van der Waals surface area contributed by atoms with Crippen molar-refractivity contribution in [2.75, 3.05) is 39.4 Å². The van der Waals surface area contributed by atoms with Crippen LogP contribution in [0, 0.1) is 0 Å². The number of hydrogen-bond acceptors (Lipinski definition) is 6. The smallest absolute Gasteiger partial charge is 0.266 e. The number of para-hydroxylation sites is 3. The molecular formula is C30H31ClN4O4. The minimum absolute atomic E-state index is 0.0306. The summed E-state index contributed by atoms with van der Waals surface area (Å²) in [7, 11) is 0. The van der Waals surface area contributed by atoms with Gasteiger partial charge in [0.15, 0.2) is 6.61 Å². The molecule has 1 amide bonds. The van der Waals surface area contributed by atoms with Crippen LogP contribution in [0.5, 0.6) is 11.5 Å². The van der Waals surface area contributed by atoms with Gasteiger partial charge in [0, 0.05) is 31.2 Å². The summed E-state index contributed by atoms with van der Waals surface area (Å²) in [6.07, 6.45) is 0. The van der Waals surface area contributed by atoms with Crippen molar-refractivity contribution in [3.8, 4) is 17.2 Å². The van der Waals surface area contributed by atoms with Crippen LogP contribution in [0.15, 0.2) is 77.6 Å². The molecule has 1 saturated heterocycles. The molecule has 4 aromatic rings. The first-order valence-electron chi connectivity index (χ1n) is 13.1. The van der Waals surface area contributed by atoms with Crippen LogP contribution in [-0.2, 0) is 4.79 Å². The molecule has 1 aliphatic rings. The SMILES string of the molecule is CCOc1ccccc1-n1c([C@H](C)N2CCN(C(=O)COc3ccc(Cl)cc3)CC2)nc2ccccc2c1=O. The first-order valence-corrected chi connectivity index (χ1v) is 13.5. The maximum Gasteiger partial charge on any atom is 0.266 e. The molecular weight excluding hydrogens is 516 g/mol. The molecule has 5 rings (SSSR count). The number of piperazine rings is 1. The van der Waals surface area contributed by atoms with Gasteiger partial charge in [-0.15, -0.1) is 0 Å². The van der Waals surface area contributed by atoms with Gasteiger partial charge in [0.25, 0.3) is 11.5 Å². The third-order valence-corrected chi connectivity index (χ3v) is 7.22.